The molecular formula is C12H14F2N2O6. The lowest BCUT2D eigenvalue weighted by molar-refractivity contribution is -0.385. The van der Waals surface area contributed by atoms with Gasteiger partial charge in [0.05, 0.1) is 24.7 Å². The Bertz CT molecular complexity index is 553. The number of carbonyl (C=O) groups excluding carboxylic acids is 1. The van der Waals surface area contributed by atoms with Crippen molar-refractivity contribution in [1.82, 2.24) is 5.32 Å². The van der Waals surface area contributed by atoms with E-state index in [1.807, 2.05) is 0 Å². The zero-order valence-electron chi connectivity index (χ0n) is 11.8. The third-order valence-corrected chi connectivity index (χ3v) is 2.53. The molecule has 0 saturated carbocycles. The quantitative estimate of drug-likeness (QED) is 0.443. The van der Waals surface area contributed by atoms with Gasteiger partial charge in [0.1, 0.15) is 5.56 Å². The van der Waals surface area contributed by atoms with Crippen LogP contribution in [0, 0.1) is 10.1 Å². The molecule has 0 aliphatic carbocycles. The van der Waals surface area contributed by atoms with Crippen LogP contribution < -0.4 is 14.8 Å². The molecule has 0 saturated heterocycles. The molecule has 0 radical (unpaired) electrons. The first-order valence-electron chi connectivity index (χ1n) is 5.99. The summed E-state index contributed by atoms with van der Waals surface area (Å²) in [5, 5.41) is 13.4. The van der Waals surface area contributed by atoms with Gasteiger partial charge in [-0.1, -0.05) is 0 Å². The Balaban J connectivity index is 3.19. The Kier molecular flexibility index (Phi) is 6.45. The summed E-state index contributed by atoms with van der Waals surface area (Å²) in [6.07, 6.45) is 0. The molecule has 122 valence electrons. The van der Waals surface area contributed by atoms with Gasteiger partial charge < -0.3 is 19.5 Å². The molecule has 8 nitrogen and oxygen atoms in total. The third-order valence-electron chi connectivity index (χ3n) is 2.53. The fourth-order valence-electron chi connectivity index (χ4n) is 1.59. The highest BCUT2D eigenvalue weighted by molar-refractivity contribution is 5.99. The summed E-state index contributed by atoms with van der Waals surface area (Å²) < 4.78 is 38.3. The molecule has 0 aromatic heterocycles. The number of amides is 1. The van der Waals surface area contributed by atoms with Crippen molar-refractivity contribution in [3.8, 4) is 11.5 Å². The predicted molar refractivity (Wildman–Crippen MR) is 70.5 cm³/mol. The Labute approximate surface area is 124 Å². The lowest BCUT2D eigenvalue weighted by Gasteiger charge is -2.12. The van der Waals surface area contributed by atoms with Gasteiger partial charge in [0.2, 0.25) is 0 Å². The van der Waals surface area contributed by atoms with Crippen molar-refractivity contribution in [2.75, 3.05) is 27.4 Å². The standard InChI is InChI=1S/C12H14F2N2O6/c1-20-4-3-15-11(17)7-5-9(21-2)10(22-12(13)14)6-8(7)16(18)19/h5-6,12H,3-4H2,1-2H3,(H,15,17). The summed E-state index contributed by atoms with van der Waals surface area (Å²) in [7, 11) is 2.58. The molecule has 0 aliphatic rings. The zero-order valence-corrected chi connectivity index (χ0v) is 11.8. The van der Waals surface area contributed by atoms with Gasteiger partial charge in [-0.2, -0.15) is 8.78 Å². The van der Waals surface area contributed by atoms with Crippen LogP contribution in [0.3, 0.4) is 0 Å². The first-order valence-corrected chi connectivity index (χ1v) is 5.99. The topological polar surface area (TPSA) is 99.9 Å². The lowest BCUT2D eigenvalue weighted by atomic mass is 10.1. The minimum Gasteiger partial charge on any atom is -0.493 e. The zero-order chi connectivity index (χ0) is 16.7. The van der Waals surface area contributed by atoms with Gasteiger partial charge in [0.15, 0.2) is 11.5 Å². The first-order chi connectivity index (χ1) is 10.4. The van der Waals surface area contributed by atoms with Gasteiger partial charge in [0.25, 0.3) is 11.6 Å². The molecule has 1 amide bonds. The minimum absolute atomic E-state index is 0.129. The third kappa shape index (κ3) is 4.52. The van der Waals surface area contributed by atoms with Gasteiger partial charge in [-0.05, 0) is 0 Å². The van der Waals surface area contributed by atoms with Crippen molar-refractivity contribution in [3.05, 3.63) is 27.8 Å². The molecule has 0 unspecified atom stereocenters. The number of hydrogen-bond acceptors (Lipinski definition) is 6. The number of benzene rings is 1. The maximum absolute atomic E-state index is 12.3. The summed E-state index contributed by atoms with van der Waals surface area (Å²) in [4.78, 5) is 22.1. The summed E-state index contributed by atoms with van der Waals surface area (Å²) >= 11 is 0. The van der Waals surface area contributed by atoms with E-state index in [4.69, 9.17) is 9.47 Å². The fraction of sp³-hybridized carbons (Fsp3) is 0.417. The number of hydrogen-bond donors (Lipinski definition) is 1. The molecule has 0 fully saturated rings. The number of nitro benzene ring substituents is 1. The van der Waals surface area contributed by atoms with Crippen LogP contribution in [0.2, 0.25) is 0 Å². The molecular weight excluding hydrogens is 306 g/mol. The number of rotatable bonds is 8. The van der Waals surface area contributed by atoms with E-state index in [9.17, 15) is 23.7 Å². The summed E-state index contributed by atoms with van der Waals surface area (Å²) in [5.74, 6) is -1.51. The fourth-order valence-corrected chi connectivity index (χ4v) is 1.59. The van der Waals surface area contributed by atoms with Crippen LogP contribution in [0.4, 0.5) is 14.5 Å². The van der Waals surface area contributed by atoms with Crippen molar-refractivity contribution in [2.24, 2.45) is 0 Å². The Morgan fingerprint density at radius 2 is 2.05 bits per heavy atom. The summed E-state index contributed by atoms with van der Waals surface area (Å²) in [6, 6.07) is 1.69. The maximum atomic E-state index is 12.3. The highest BCUT2D eigenvalue weighted by Crippen LogP contribution is 2.35. The number of nitro groups is 1. The summed E-state index contributed by atoms with van der Waals surface area (Å²) in [6.45, 7) is -2.84. The Morgan fingerprint density at radius 1 is 1.36 bits per heavy atom. The van der Waals surface area contributed by atoms with E-state index in [1.54, 1.807) is 0 Å². The van der Waals surface area contributed by atoms with Crippen LogP contribution in [0.15, 0.2) is 12.1 Å². The van der Waals surface area contributed by atoms with Crippen LogP contribution >= 0.6 is 0 Å². The van der Waals surface area contributed by atoms with Crippen LogP contribution in [-0.4, -0.2) is 44.8 Å². The van der Waals surface area contributed by atoms with E-state index < -0.39 is 28.9 Å². The van der Waals surface area contributed by atoms with Crippen LogP contribution in [0.1, 0.15) is 10.4 Å². The molecule has 1 aromatic rings. The number of alkyl halides is 2. The number of ether oxygens (including phenoxy) is 3. The van der Waals surface area contributed by atoms with Crippen molar-refractivity contribution in [1.29, 1.82) is 0 Å². The molecule has 1 rings (SSSR count). The largest absolute Gasteiger partial charge is 0.493 e. The van der Waals surface area contributed by atoms with Crippen molar-refractivity contribution in [3.63, 3.8) is 0 Å². The molecule has 0 aliphatic heterocycles. The van der Waals surface area contributed by atoms with E-state index in [0.717, 1.165) is 19.2 Å². The van der Waals surface area contributed by atoms with Crippen LogP contribution in [-0.2, 0) is 4.74 Å². The van der Waals surface area contributed by atoms with E-state index in [-0.39, 0.29) is 24.5 Å². The molecule has 0 atom stereocenters. The molecule has 0 heterocycles. The maximum Gasteiger partial charge on any atom is 0.387 e. The van der Waals surface area contributed by atoms with Crippen molar-refractivity contribution >= 4 is 11.6 Å². The highest BCUT2D eigenvalue weighted by Gasteiger charge is 2.25. The number of methoxy groups -OCH3 is 2. The monoisotopic (exact) mass is 320 g/mol. The number of nitrogens with zero attached hydrogens (tertiary/aromatic N) is 1. The predicted octanol–water partition coefficient (Wildman–Crippen LogP) is 1.58. The van der Waals surface area contributed by atoms with Crippen LogP contribution in [0.25, 0.3) is 0 Å². The van der Waals surface area contributed by atoms with E-state index in [0.29, 0.717) is 0 Å². The Hall–Kier alpha value is -2.49. The van der Waals surface area contributed by atoms with Crippen molar-refractivity contribution in [2.45, 2.75) is 6.61 Å². The average Bonchev–Trinajstić information content (AvgIpc) is 2.46. The van der Waals surface area contributed by atoms with Crippen LogP contribution in [0.5, 0.6) is 11.5 Å². The first kappa shape index (κ1) is 17.6. The number of nitrogens with one attached hydrogen (secondary N) is 1. The molecule has 1 aromatic carbocycles. The number of halogens is 2. The normalized spacial score (nSPS) is 10.4. The van der Waals surface area contributed by atoms with E-state index in [1.165, 1.54) is 7.11 Å². The molecule has 10 heteroatoms. The number of carbonyl (C=O) groups is 1. The van der Waals surface area contributed by atoms with E-state index >= 15 is 0 Å². The van der Waals surface area contributed by atoms with Gasteiger partial charge >= 0.3 is 6.61 Å². The second kappa shape index (κ2) is 8.08. The van der Waals surface area contributed by atoms with Gasteiger partial charge in [-0.15, -0.1) is 0 Å². The molecule has 1 N–H and O–H groups in total. The van der Waals surface area contributed by atoms with E-state index in [2.05, 4.69) is 10.1 Å². The second-order valence-electron chi connectivity index (χ2n) is 3.90. The SMILES string of the molecule is COCCNC(=O)c1cc(OC)c(OC(F)F)cc1[N+](=O)[O-]. The van der Waals surface area contributed by atoms with Gasteiger partial charge in [-0.3, -0.25) is 14.9 Å². The molecule has 22 heavy (non-hydrogen) atoms. The smallest absolute Gasteiger partial charge is 0.387 e. The van der Waals surface area contributed by atoms with Gasteiger partial charge in [-0.25, -0.2) is 0 Å². The summed E-state index contributed by atoms with van der Waals surface area (Å²) in [5.41, 5.74) is -1.01. The second-order valence-corrected chi connectivity index (χ2v) is 3.90. The van der Waals surface area contributed by atoms with Crippen molar-refractivity contribution < 1.29 is 32.7 Å². The molecule has 0 spiro atoms. The minimum atomic E-state index is -3.19. The molecule has 0 bridgehead atoms. The highest BCUT2D eigenvalue weighted by atomic mass is 19.3. The van der Waals surface area contributed by atoms with Gasteiger partial charge in [0, 0.05) is 19.7 Å². The Morgan fingerprint density at radius 3 is 2.55 bits per heavy atom. The average molecular weight is 320 g/mol. The lowest BCUT2D eigenvalue weighted by Crippen LogP contribution is -2.27.